The molecule has 0 bridgehead atoms. The Morgan fingerprint density at radius 1 is 1.38 bits per heavy atom. The molecule has 3 nitrogen and oxygen atoms in total. The van der Waals surface area contributed by atoms with E-state index in [9.17, 15) is 8.42 Å². The number of sulfonamides is 1. The number of hydrogen-bond acceptors (Lipinski definition) is 2. The fourth-order valence-corrected chi connectivity index (χ4v) is 3.21. The number of alkyl halides is 1. The number of hydrogen-bond donors (Lipinski definition) is 1. The van der Waals surface area contributed by atoms with Crippen molar-refractivity contribution in [2.24, 2.45) is 0 Å². The summed E-state index contributed by atoms with van der Waals surface area (Å²) in [6.45, 7) is 1.64. The SMILES string of the molecule is CCS(=O)(=O)NC1(CCl)CCCC1. The van der Waals surface area contributed by atoms with Gasteiger partial charge in [0, 0.05) is 11.4 Å². The van der Waals surface area contributed by atoms with Crippen molar-refractivity contribution < 1.29 is 8.42 Å². The Bertz CT molecular complexity index is 257. The predicted molar refractivity (Wildman–Crippen MR) is 54.5 cm³/mol. The zero-order valence-electron chi connectivity index (χ0n) is 7.85. The van der Waals surface area contributed by atoms with Gasteiger partial charge in [0.15, 0.2) is 0 Å². The van der Waals surface area contributed by atoms with E-state index in [1.165, 1.54) is 0 Å². The third-order valence-corrected chi connectivity index (χ3v) is 4.58. The number of nitrogens with one attached hydrogen (secondary N) is 1. The summed E-state index contributed by atoms with van der Waals surface area (Å²) in [6.07, 6.45) is 3.88. The van der Waals surface area contributed by atoms with Crippen LogP contribution in [0.3, 0.4) is 0 Å². The summed E-state index contributed by atoms with van der Waals surface area (Å²) < 4.78 is 25.4. The lowest BCUT2D eigenvalue weighted by molar-refractivity contribution is 0.433. The van der Waals surface area contributed by atoms with Gasteiger partial charge in [-0.05, 0) is 19.8 Å². The van der Waals surface area contributed by atoms with E-state index in [0.29, 0.717) is 5.88 Å². The fraction of sp³-hybridized carbons (Fsp3) is 1.00. The minimum Gasteiger partial charge on any atom is -0.212 e. The molecule has 78 valence electrons. The molecule has 1 saturated carbocycles. The lowest BCUT2D eigenvalue weighted by atomic mass is 10.0. The summed E-state index contributed by atoms with van der Waals surface area (Å²) in [5.41, 5.74) is -0.351. The van der Waals surface area contributed by atoms with Gasteiger partial charge in [-0.25, -0.2) is 13.1 Å². The lowest BCUT2D eigenvalue weighted by Gasteiger charge is -2.26. The maximum atomic E-state index is 11.3. The highest BCUT2D eigenvalue weighted by Crippen LogP contribution is 2.31. The van der Waals surface area contributed by atoms with E-state index in [0.717, 1.165) is 25.7 Å². The van der Waals surface area contributed by atoms with Crippen molar-refractivity contribution in [3.8, 4) is 0 Å². The van der Waals surface area contributed by atoms with Crippen LogP contribution < -0.4 is 4.72 Å². The summed E-state index contributed by atoms with van der Waals surface area (Å²) >= 11 is 5.80. The molecule has 0 aromatic carbocycles. The van der Waals surface area contributed by atoms with E-state index in [2.05, 4.69) is 4.72 Å². The first-order chi connectivity index (χ1) is 6.04. The van der Waals surface area contributed by atoms with Crippen LogP contribution in [0.1, 0.15) is 32.6 Å². The summed E-state index contributed by atoms with van der Waals surface area (Å²) in [7, 11) is -3.11. The Labute approximate surface area is 84.9 Å². The average molecular weight is 226 g/mol. The van der Waals surface area contributed by atoms with Gasteiger partial charge in [-0.15, -0.1) is 11.6 Å². The van der Waals surface area contributed by atoms with Gasteiger partial charge in [0.1, 0.15) is 0 Å². The van der Waals surface area contributed by atoms with Crippen LogP contribution in [0.2, 0.25) is 0 Å². The van der Waals surface area contributed by atoms with Crippen molar-refractivity contribution in [2.75, 3.05) is 11.6 Å². The van der Waals surface area contributed by atoms with Crippen LogP contribution in [0.4, 0.5) is 0 Å². The second-order valence-electron chi connectivity index (χ2n) is 3.63. The van der Waals surface area contributed by atoms with Crippen molar-refractivity contribution in [1.29, 1.82) is 0 Å². The number of halogens is 1. The molecule has 0 unspecified atom stereocenters. The quantitative estimate of drug-likeness (QED) is 0.737. The predicted octanol–water partition coefficient (Wildman–Crippen LogP) is 1.48. The minimum atomic E-state index is -3.11. The molecule has 0 spiro atoms. The van der Waals surface area contributed by atoms with E-state index >= 15 is 0 Å². The molecule has 13 heavy (non-hydrogen) atoms. The first-order valence-electron chi connectivity index (χ1n) is 4.61. The van der Waals surface area contributed by atoms with Gasteiger partial charge in [0.05, 0.1) is 5.75 Å². The Morgan fingerprint density at radius 3 is 2.31 bits per heavy atom. The summed E-state index contributed by atoms with van der Waals surface area (Å²) in [5.74, 6) is 0.512. The van der Waals surface area contributed by atoms with Crippen LogP contribution in [-0.2, 0) is 10.0 Å². The van der Waals surface area contributed by atoms with Gasteiger partial charge in [0.2, 0.25) is 10.0 Å². The van der Waals surface area contributed by atoms with Gasteiger partial charge in [-0.1, -0.05) is 12.8 Å². The van der Waals surface area contributed by atoms with Gasteiger partial charge < -0.3 is 0 Å². The molecule has 1 fully saturated rings. The largest absolute Gasteiger partial charge is 0.212 e. The zero-order chi connectivity index (χ0) is 9.95. The minimum absolute atomic E-state index is 0.131. The van der Waals surface area contributed by atoms with Gasteiger partial charge in [0.25, 0.3) is 0 Å². The summed E-state index contributed by atoms with van der Waals surface area (Å²) in [4.78, 5) is 0. The highest BCUT2D eigenvalue weighted by molar-refractivity contribution is 7.89. The molecule has 0 saturated heterocycles. The molecular formula is C8H16ClNO2S. The van der Waals surface area contributed by atoms with E-state index in [1.807, 2.05) is 0 Å². The third-order valence-electron chi connectivity index (χ3n) is 2.57. The van der Waals surface area contributed by atoms with Crippen LogP contribution in [0.15, 0.2) is 0 Å². The van der Waals surface area contributed by atoms with Crippen LogP contribution >= 0.6 is 11.6 Å². The van der Waals surface area contributed by atoms with Crippen molar-refractivity contribution in [2.45, 2.75) is 38.1 Å². The fourth-order valence-electron chi connectivity index (χ4n) is 1.72. The van der Waals surface area contributed by atoms with Crippen LogP contribution in [0.25, 0.3) is 0 Å². The first kappa shape index (κ1) is 11.3. The van der Waals surface area contributed by atoms with Crippen molar-refractivity contribution in [3.05, 3.63) is 0 Å². The normalized spacial score (nSPS) is 22.0. The zero-order valence-corrected chi connectivity index (χ0v) is 9.42. The molecule has 0 aliphatic heterocycles. The lowest BCUT2D eigenvalue weighted by Crippen LogP contribution is -2.48. The third kappa shape index (κ3) is 2.82. The Balaban J connectivity index is 2.69. The van der Waals surface area contributed by atoms with Crippen molar-refractivity contribution >= 4 is 21.6 Å². The van der Waals surface area contributed by atoms with Crippen molar-refractivity contribution in [1.82, 2.24) is 4.72 Å². The molecule has 1 aliphatic carbocycles. The second-order valence-corrected chi connectivity index (χ2v) is 5.90. The molecule has 1 aliphatic rings. The second kappa shape index (κ2) is 4.15. The maximum absolute atomic E-state index is 11.3. The smallest absolute Gasteiger partial charge is 0.211 e. The Morgan fingerprint density at radius 2 is 1.92 bits per heavy atom. The average Bonchev–Trinajstić information content (AvgIpc) is 2.53. The van der Waals surface area contributed by atoms with Crippen molar-refractivity contribution in [3.63, 3.8) is 0 Å². The molecule has 0 aromatic rings. The molecule has 0 aromatic heterocycles. The molecular weight excluding hydrogens is 210 g/mol. The summed E-state index contributed by atoms with van der Waals surface area (Å²) in [6, 6.07) is 0. The van der Waals surface area contributed by atoms with Crippen LogP contribution in [0, 0.1) is 0 Å². The van der Waals surface area contributed by atoms with E-state index in [1.54, 1.807) is 6.92 Å². The van der Waals surface area contributed by atoms with Crippen LogP contribution in [0.5, 0.6) is 0 Å². The molecule has 0 heterocycles. The Kier molecular flexibility index (Phi) is 3.60. The standard InChI is InChI=1S/C8H16ClNO2S/c1-2-13(11,12)10-8(7-9)5-3-4-6-8/h10H,2-7H2,1H3. The molecule has 0 radical (unpaired) electrons. The Hall–Kier alpha value is 0.200. The molecule has 0 amide bonds. The van der Waals surface area contributed by atoms with E-state index in [4.69, 9.17) is 11.6 Å². The molecule has 1 rings (SSSR count). The van der Waals surface area contributed by atoms with E-state index in [-0.39, 0.29) is 11.3 Å². The molecule has 1 N–H and O–H groups in total. The number of rotatable bonds is 4. The topological polar surface area (TPSA) is 46.2 Å². The molecule has 0 atom stereocenters. The molecule has 5 heteroatoms. The first-order valence-corrected chi connectivity index (χ1v) is 6.80. The highest BCUT2D eigenvalue weighted by atomic mass is 35.5. The van der Waals surface area contributed by atoms with E-state index < -0.39 is 10.0 Å². The van der Waals surface area contributed by atoms with Gasteiger partial charge in [-0.3, -0.25) is 0 Å². The van der Waals surface area contributed by atoms with Gasteiger partial charge >= 0.3 is 0 Å². The van der Waals surface area contributed by atoms with Crippen LogP contribution in [-0.4, -0.2) is 25.6 Å². The highest BCUT2D eigenvalue weighted by Gasteiger charge is 2.36. The summed E-state index contributed by atoms with van der Waals surface area (Å²) in [5, 5.41) is 0. The maximum Gasteiger partial charge on any atom is 0.211 e. The monoisotopic (exact) mass is 225 g/mol. The van der Waals surface area contributed by atoms with Gasteiger partial charge in [-0.2, -0.15) is 0 Å².